The maximum atomic E-state index is 13.8. The van der Waals surface area contributed by atoms with E-state index in [0.29, 0.717) is 42.4 Å². The molecule has 0 N–H and O–H groups in total. The predicted octanol–water partition coefficient (Wildman–Crippen LogP) is 4.60. The Kier molecular flexibility index (Phi) is 5.41. The molecule has 1 fully saturated rings. The van der Waals surface area contributed by atoms with Crippen LogP contribution in [0, 0.1) is 5.82 Å². The zero-order valence-corrected chi connectivity index (χ0v) is 18.9. The normalized spacial score (nSPS) is 17.8. The van der Waals surface area contributed by atoms with E-state index in [1.165, 1.54) is 17.4 Å². The fraction of sp³-hybridized carbons (Fsp3) is 0.417. The minimum Gasteiger partial charge on any atom is -0.483 e. The predicted molar refractivity (Wildman–Crippen MR) is 120 cm³/mol. The number of carbonyl (C=O) groups is 1. The number of nitrogens with zero attached hydrogens (tertiary/aromatic N) is 2. The summed E-state index contributed by atoms with van der Waals surface area (Å²) in [7, 11) is 0. The van der Waals surface area contributed by atoms with Gasteiger partial charge in [0.1, 0.15) is 23.0 Å². The van der Waals surface area contributed by atoms with Gasteiger partial charge in [0.25, 0.3) is 11.1 Å². The first kappa shape index (κ1) is 21.0. The number of aromatic nitrogens is 1. The molecule has 0 aliphatic carbocycles. The SMILES string of the molecule is CC1(C)Cc2cccc(OCC(=O)N3CCC(Oc4nc5c(F)cccc5s4)CC3)c2O1. The van der Waals surface area contributed by atoms with Gasteiger partial charge in [0, 0.05) is 37.9 Å². The van der Waals surface area contributed by atoms with E-state index in [2.05, 4.69) is 4.98 Å². The molecule has 5 rings (SSSR count). The van der Waals surface area contributed by atoms with Crippen molar-refractivity contribution in [3.05, 3.63) is 47.8 Å². The molecule has 2 aromatic carbocycles. The third-order valence-electron chi connectivity index (χ3n) is 5.82. The van der Waals surface area contributed by atoms with Crippen molar-refractivity contribution in [3.63, 3.8) is 0 Å². The molecule has 6 nitrogen and oxygen atoms in total. The van der Waals surface area contributed by atoms with Crippen LogP contribution in [0.25, 0.3) is 10.2 Å². The fourth-order valence-corrected chi connectivity index (χ4v) is 5.14. The van der Waals surface area contributed by atoms with Gasteiger partial charge in [0.2, 0.25) is 0 Å². The van der Waals surface area contributed by atoms with Crippen molar-refractivity contribution in [1.82, 2.24) is 9.88 Å². The highest BCUT2D eigenvalue weighted by molar-refractivity contribution is 7.20. The monoisotopic (exact) mass is 456 g/mol. The summed E-state index contributed by atoms with van der Waals surface area (Å²) < 4.78 is 32.4. The number of rotatable bonds is 5. The summed E-state index contributed by atoms with van der Waals surface area (Å²) in [4.78, 5) is 18.8. The number of ether oxygens (including phenoxy) is 3. The van der Waals surface area contributed by atoms with E-state index in [1.807, 2.05) is 38.1 Å². The molecular weight excluding hydrogens is 431 g/mol. The molecule has 1 amide bonds. The third-order valence-corrected chi connectivity index (χ3v) is 6.73. The van der Waals surface area contributed by atoms with E-state index in [-0.39, 0.29) is 30.0 Å². The number of piperidine rings is 1. The third kappa shape index (κ3) is 4.24. The Hall–Kier alpha value is -2.87. The summed E-state index contributed by atoms with van der Waals surface area (Å²) in [5, 5.41) is 0.471. The van der Waals surface area contributed by atoms with Gasteiger partial charge in [0.05, 0.1) is 4.70 Å². The van der Waals surface area contributed by atoms with Gasteiger partial charge in [-0.3, -0.25) is 4.79 Å². The molecule has 2 aliphatic rings. The van der Waals surface area contributed by atoms with Crippen molar-refractivity contribution in [2.45, 2.75) is 44.8 Å². The summed E-state index contributed by atoms with van der Waals surface area (Å²) in [5.74, 6) is 0.958. The van der Waals surface area contributed by atoms with Crippen molar-refractivity contribution in [1.29, 1.82) is 0 Å². The van der Waals surface area contributed by atoms with Crippen molar-refractivity contribution >= 4 is 27.5 Å². The largest absolute Gasteiger partial charge is 0.483 e. The van der Waals surface area contributed by atoms with E-state index in [0.717, 1.165) is 22.4 Å². The topological polar surface area (TPSA) is 60.9 Å². The highest BCUT2D eigenvalue weighted by Crippen LogP contribution is 2.41. The summed E-state index contributed by atoms with van der Waals surface area (Å²) in [6.45, 7) is 5.23. The molecule has 1 aromatic heterocycles. The number of para-hydroxylation sites is 2. The van der Waals surface area contributed by atoms with E-state index >= 15 is 0 Å². The van der Waals surface area contributed by atoms with Gasteiger partial charge in [-0.2, -0.15) is 4.98 Å². The van der Waals surface area contributed by atoms with Crippen molar-refractivity contribution < 1.29 is 23.4 Å². The average molecular weight is 457 g/mol. The number of halogens is 1. The van der Waals surface area contributed by atoms with Crippen molar-refractivity contribution in [2.24, 2.45) is 0 Å². The molecule has 168 valence electrons. The molecule has 0 radical (unpaired) electrons. The molecule has 32 heavy (non-hydrogen) atoms. The van der Waals surface area contributed by atoms with Gasteiger partial charge in [-0.15, -0.1) is 0 Å². The molecule has 0 unspecified atom stereocenters. The van der Waals surface area contributed by atoms with Gasteiger partial charge >= 0.3 is 0 Å². The van der Waals surface area contributed by atoms with Crippen LogP contribution in [0.3, 0.4) is 0 Å². The number of amides is 1. The van der Waals surface area contributed by atoms with Crippen LogP contribution < -0.4 is 14.2 Å². The molecular formula is C24H25FN2O4S. The van der Waals surface area contributed by atoms with Crippen molar-refractivity contribution in [2.75, 3.05) is 19.7 Å². The number of benzene rings is 2. The lowest BCUT2D eigenvalue weighted by Gasteiger charge is -2.31. The summed E-state index contributed by atoms with van der Waals surface area (Å²) in [6.07, 6.45) is 2.17. The highest BCUT2D eigenvalue weighted by Gasteiger charge is 2.32. The molecule has 0 bridgehead atoms. The van der Waals surface area contributed by atoms with Crippen LogP contribution in [-0.2, 0) is 11.2 Å². The standard InChI is InChI=1S/C24H25FN2O4S/c1-24(2)13-15-5-3-7-18(22(15)31-24)29-14-20(28)27-11-9-16(10-12-27)30-23-26-21-17(25)6-4-8-19(21)32-23/h3-8,16H,9-14H2,1-2H3. The molecule has 0 spiro atoms. The zero-order chi connectivity index (χ0) is 22.3. The number of hydrogen-bond donors (Lipinski definition) is 0. The molecule has 1 saturated heterocycles. The Bertz CT molecular complexity index is 1150. The van der Waals surface area contributed by atoms with E-state index in [1.54, 1.807) is 11.0 Å². The number of thiazole rings is 1. The lowest BCUT2D eigenvalue weighted by atomic mass is 10.0. The fourth-order valence-electron chi connectivity index (χ4n) is 4.24. The Morgan fingerprint density at radius 3 is 2.81 bits per heavy atom. The molecule has 0 atom stereocenters. The van der Waals surface area contributed by atoms with Crippen LogP contribution in [0.15, 0.2) is 36.4 Å². The number of fused-ring (bicyclic) bond motifs is 2. The summed E-state index contributed by atoms with van der Waals surface area (Å²) in [5.41, 5.74) is 1.19. The molecule has 3 aromatic rings. The zero-order valence-electron chi connectivity index (χ0n) is 18.1. The Morgan fingerprint density at radius 2 is 2.03 bits per heavy atom. The highest BCUT2D eigenvalue weighted by atomic mass is 32.1. The van der Waals surface area contributed by atoms with Gasteiger partial charge in [-0.25, -0.2) is 4.39 Å². The number of carbonyl (C=O) groups excluding carboxylic acids is 1. The number of likely N-dealkylation sites (tertiary alicyclic amines) is 1. The minimum absolute atomic E-state index is 0.0249. The van der Waals surface area contributed by atoms with Crippen LogP contribution in [0.4, 0.5) is 4.39 Å². The molecule has 0 saturated carbocycles. The van der Waals surface area contributed by atoms with Gasteiger partial charge in [0.15, 0.2) is 18.1 Å². The number of hydrogen-bond acceptors (Lipinski definition) is 6. The second-order valence-electron chi connectivity index (χ2n) is 8.84. The van der Waals surface area contributed by atoms with Gasteiger partial charge in [-0.1, -0.05) is 29.5 Å². The average Bonchev–Trinajstić information content (AvgIpc) is 3.32. The maximum Gasteiger partial charge on any atom is 0.274 e. The lowest BCUT2D eigenvalue weighted by Crippen LogP contribution is -2.43. The summed E-state index contributed by atoms with van der Waals surface area (Å²) >= 11 is 1.34. The smallest absolute Gasteiger partial charge is 0.274 e. The molecule has 8 heteroatoms. The van der Waals surface area contributed by atoms with Gasteiger partial charge in [-0.05, 0) is 32.0 Å². The Labute approximate surface area is 189 Å². The van der Waals surface area contributed by atoms with Crippen LogP contribution in [0.1, 0.15) is 32.3 Å². The van der Waals surface area contributed by atoms with E-state index in [9.17, 15) is 9.18 Å². The first-order valence-electron chi connectivity index (χ1n) is 10.8. The minimum atomic E-state index is -0.341. The van der Waals surface area contributed by atoms with E-state index in [4.69, 9.17) is 14.2 Å². The quantitative estimate of drug-likeness (QED) is 0.562. The second kappa shape index (κ2) is 8.24. The Balaban J connectivity index is 1.14. The van der Waals surface area contributed by atoms with Crippen LogP contribution >= 0.6 is 11.3 Å². The van der Waals surface area contributed by atoms with Gasteiger partial charge < -0.3 is 19.1 Å². The summed E-state index contributed by atoms with van der Waals surface area (Å²) in [6, 6.07) is 10.7. The molecule has 2 aliphatic heterocycles. The molecule has 3 heterocycles. The second-order valence-corrected chi connectivity index (χ2v) is 9.83. The Morgan fingerprint density at radius 1 is 1.25 bits per heavy atom. The lowest BCUT2D eigenvalue weighted by molar-refractivity contribution is -0.135. The first-order valence-corrected chi connectivity index (χ1v) is 11.6. The van der Waals surface area contributed by atoms with Crippen LogP contribution in [0.2, 0.25) is 0 Å². The van der Waals surface area contributed by atoms with Crippen LogP contribution in [0.5, 0.6) is 16.7 Å². The van der Waals surface area contributed by atoms with Crippen LogP contribution in [-0.4, -0.2) is 47.2 Å². The van der Waals surface area contributed by atoms with Crippen molar-refractivity contribution in [3.8, 4) is 16.7 Å². The maximum absolute atomic E-state index is 13.8. The van der Waals surface area contributed by atoms with E-state index < -0.39 is 0 Å². The first-order chi connectivity index (χ1) is 15.4.